The van der Waals surface area contributed by atoms with Crippen LogP contribution >= 0.6 is 82.9 Å². The van der Waals surface area contributed by atoms with Crippen LogP contribution in [0.1, 0.15) is 12.8 Å². The van der Waals surface area contributed by atoms with Gasteiger partial charge in [0.25, 0.3) is 0 Å². The average molecular weight is 442 g/mol. The summed E-state index contributed by atoms with van der Waals surface area (Å²) >= 11 is 21.9. The molecule has 2 nitrogen and oxygen atoms in total. The van der Waals surface area contributed by atoms with Crippen molar-refractivity contribution >= 4 is 93.1 Å². The molecule has 0 N–H and O–H groups in total. The van der Waals surface area contributed by atoms with Crippen molar-refractivity contribution in [1.82, 2.24) is 0 Å². The third-order valence-corrected chi connectivity index (χ3v) is 8.33. The maximum atomic E-state index is 11.3. The largest absolute Gasteiger partial charge is 0.287 e. The van der Waals surface area contributed by atoms with Crippen LogP contribution in [0.4, 0.5) is 0 Å². The standard InChI is InChI=1S/C13H22Cl2O2S5/c14-3-1-12(16)21-6-5-19-10-11(9-18)20-7-8-22-13(17)2-4-15/h11,18H,1-10H2. The summed E-state index contributed by atoms with van der Waals surface area (Å²) in [6.07, 6.45) is 0.898. The number of hydrogen-bond donors (Lipinski definition) is 1. The van der Waals surface area contributed by atoms with Crippen LogP contribution in [-0.4, -0.2) is 61.8 Å². The lowest BCUT2D eigenvalue weighted by Crippen LogP contribution is -2.11. The maximum Gasteiger partial charge on any atom is 0.190 e. The maximum absolute atomic E-state index is 11.3. The topological polar surface area (TPSA) is 34.1 Å². The molecule has 1 atom stereocenters. The van der Waals surface area contributed by atoms with Gasteiger partial charge in [-0.2, -0.15) is 36.2 Å². The number of carbonyl (C=O) groups is 2. The zero-order valence-corrected chi connectivity index (χ0v) is 18.0. The minimum Gasteiger partial charge on any atom is -0.287 e. The molecule has 0 aromatic rings. The van der Waals surface area contributed by atoms with E-state index in [1.165, 1.54) is 23.5 Å². The summed E-state index contributed by atoms with van der Waals surface area (Å²) in [7, 11) is 0. The molecule has 0 amide bonds. The van der Waals surface area contributed by atoms with Crippen molar-refractivity contribution in [2.24, 2.45) is 0 Å². The van der Waals surface area contributed by atoms with Crippen LogP contribution in [0, 0.1) is 0 Å². The summed E-state index contributed by atoms with van der Waals surface area (Å²) in [6, 6.07) is 0. The Labute approximate surface area is 166 Å². The number of halogens is 2. The van der Waals surface area contributed by atoms with E-state index in [4.69, 9.17) is 23.2 Å². The van der Waals surface area contributed by atoms with Crippen LogP contribution in [0.2, 0.25) is 0 Å². The van der Waals surface area contributed by atoms with E-state index < -0.39 is 0 Å². The summed E-state index contributed by atoms with van der Waals surface area (Å²) in [5, 5.41) is 0.834. The molecular formula is C13H22Cl2O2S5. The fourth-order valence-corrected chi connectivity index (χ4v) is 6.57. The molecule has 0 saturated heterocycles. The van der Waals surface area contributed by atoms with Crippen LogP contribution < -0.4 is 0 Å². The molecule has 0 bridgehead atoms. The van der Waals surface area contributed by atoms with Crippen LogP contribution in [-0.2, 0) is 9.59 Å². The smallest absolute Gasteiger partial charge is 0.190 e. The Bertz CT molecular complexity index is 308. The normalized spacial score (nSPS) is 12.3. The first-order valence-corrected chi connectivity index (χ1v) is 12.7. The quantitative estimate of drug-likeness (QED) is 0.242. The highest BCUT2D eigenvalue weighted by molar-refractivity contribution is 8.15. The molecule has 0 spiro atoms. The molecule has 0 aromatic heterocycles. The minimum atomic E-state index is 0.172. The van der Waals surface area contributed by atoms with Gasteiger partial charge in [-0.05, 0) is 0 Å². The zero-order chi connectivity index (χ0) is 16.6. The van der Waals surface area contributed by atoms with Gasteiger partial charge in [0.05, 0.1) is 0 Å². The van der Waals surface area contributed by atoms with Crippen molar-refractivity contribution in [3.63, 3.8) is 0 Å². The Hall–Kier alpha value is 1.67. The highest BCUT2D eigenvalue weighted by Crippen LogP contribution is 2.21. The molecular weight excluding hydrogens is 419 g/mol. The van der Waals surface area contributed by atoms with Gasteiger partial charge in [-0.15, -0.1) is 23.2 Å². The second-order valence-corrected chi connectivity index (χ2v) is 10.1. The number of carbonyl (C=O) groups excluding carboxylic acids is 2. The van der Waals surface area contributed by atoms with E-state index in [9.17, 15) is 9.59 Å². The first-order valence-electron chi connectivity index (χ1n) is 6.87. The number of thioether (sulfide) groups is 4. The predicted molar refractivity (Wildman–Crippen MR) is 113 cm³/mol. The molecule has 22 heavy (non-hydrogen) atoms. The van der Waals surface area contributed by atoms with Gasteiger partial charge in [-0.25, -0.2) is 0 Å². The van der Waals surface area contributed by atoms with Gasteiger partial charge < -0.3 is 0 Å². The van der Waals surface area contributed by atoms with Crippen molar-refractivity contribution in [3.05, 3.63) is 0 Å². The van der Waals surface area contributed by atoms with Gasteiger partial charge in [0.1, 0.15) is 0 Å². The van der Waals surface area contributed by atoms with E-state index in [1.54, 1.807) is 0 Å². The van der Waals surface area contributed by atoms with E-state index >= 15 is 0 Å². The summed E-state index contributed by atoms with van der Waals surface area (Å²) in [5.41, 5.74) is 0. The summed E-state index contributed by atoms with van der Waals surface area (Å²) in [6.45, 7) is 0. The summed E-state index contributed by atoms with van der Waals surface area (Å²) in [5.74, 6) is 6.25. The molecule has 0 aliphatic carbocycles. The number of alkyl halides is 2. The predicted octanol–water partition coefficient (Wildman–Crippen LogP) is 4.53. The number of rotatable bonds is 14. The van der Waals surface area contributed by atoms with E-state index in [1.807, 2.05) is 23.5 Å². The molecule has 0 aliphatic rings. The van der Waals surface area contributed by atoms with Gasteiger partial charge in [0.15, 0.2) is 10.2 Å². The summed E-state index contributed by atoms with van der Waals surface area (Å²) in [4.78, 5) is 22.6. The monoisotopic (exact) mass is 440 g/mol. The lowest BCUT2D eigenvalue weighted by Gasteiger charge is -2.13. The molecule has 0 fully saturated rings. The first-order chi connectivity index (χ1) is 10.6. The van der Waals surface area contributed by atoms with E-state index in [2.05, 4.69) is 12.6 Å². The lowest BCUT2D eigenvalue weighted by atomic mass is 10.5. The third kappa shape index (κ3) is 15.2. The highest BCUT2D eigenvalue weighted by atomic mass is 35.5. The number of hydrogen-bond acceptors (Lipinski definition) is 7. The summed E-state index contributed by atoms with van der Waals surface area (Å²) < 4.78 is 0. The van der Waals surface area contributed by atoms with E-state index in [-0.39, 0.29) is 10.2 Å². The third-order valence-electron chi connectivity index (χ3n) is 2.30. The van der Waals surface area contributed by atoms with Crippen LogP contribution in [0.25, 0.3) is 0 Å². The molecule has 1 unspecified atom stereocenters. The fraction of sp³-hybridized carbons (Fsp3) is 0.846. The molecule has 0 heterocycles. The van der Waals surface area contributed by atoms with Crippen molar-refractivity contribution in [2.45, 2.75) is 18.1 Å². The SMILES string of the molecule is O=C(CCCl)SCCSCC(CS)SCCSC(=O)CCCl. The van der Waals surface area contributed by atoms with Gasteiger partial charge in [0.2, 0.25) is 0 Å². The fourth-order valence-electron chi connectivity index (χ4n) is 1.25. The Morgan fingerprint density at radius 3 is 1.95 bits per heavy atom. The minimum absolute atomic E-state index is 0.172. The number of thiol groups is 1. The molecule has 0 aliphatic heterocycles. The van der Waals surface area contributed by atoms with Crippen molar-refractivity contribution in [2.75, 3.05) is 46.3 Å². The van der Waals surface area contributed by atoms with Gasteiger partial charge in [-0.3, -0.25) is 9.59 Å². The molecule has 0 rings (SSSR count). The van der Waals surface area contributed by atoms with Crippen LogP contribution in [0.5, 0.6) is 0 Å². The van der Waals surface area contributed by atoms with E-state index in [0.29, 0.717) is 29.9 Å². The second-order valence-electron chi connectivity index (χ2n) is 4.07. The molecule has 130 valence electrons. The molecule has 0 radical (unpaired) electrons. The van der Waals surface area contributed by atoms with Crippen molar-refractivity contribution < 1.29 is 9.59 Å². The molecule has 0 saturated carbocycles. The van der Waals surface area contributed by atoms with Crippen LogP contribution in [0.3, 0.4) is 0 Å². The lowest BCUT2D eigenvalue weighted by molar-refractivity contribution is -0.111. The van der Waals surface area contributed by atoms with E-state index in [0.717, 1.165) is 34.5 Å². The molecule has 9 heteroatoms. The Morgan fingerprint density at radius 2 is 1.45 bits per heavy atom. The molecule has 0 aromatic carbocycles. The Morgan fingerprint density at radius 1 is 0.909 bits per heavy atom. The van der Waals surface area contributed by atoms with Crippen molar-refractivity contribution in [3.8, 4) is 0 Å². The van der Waals surface area contributed by atoms with Crippen molar-refractivity contribution in [1.29, 1.82) is 0 Å². The zero-order valence-electron chi connectivity index (χ0n) is 12.3. The Kier molecular flexibility index (Phi) is 18.8. The first kappa shape index (κ1) is 23.7. The van der Waals surface area contributed by atoms with Crippen LogP contribution in [0.15, 0.2) is 0 Å². The second kappa shape index (κ2) is 17.5. The Balaban J connectivity index is 3.54. The average Bonchev–Trinajstić information content (AvgIpc) is 2.49. The van der Waals surface area contributed by atoms with Gasteiger partial charge >= 0.3 is 0 Å². The van der Waals surface area contributed by atoms with Gasteiger partial charge in [0, 0.05) is 64.4 Å². The van der Waals surface area contributed by atoms with Gasteiger partial charge in [-0.1, -0.05) is 23.5 Å². The highest BCUT2D eigenvalue weighted by Gasteiger charge is 2.09.